The molecule has 0 spiro atoms. The SMILES string of the molecule is c1ccc(CCN2CC[C@H]3c4ccccc4CC[C@H]3C2)cc1. The van der Waals surface area contributed by atoms with E-state index in [2.05, 4.69) is 59.5 Å². The maximum atomic E-state index is 2.70. The van der Waals surface area contributed by atoms with Crippen LogP contribution in [0.1, 0.15) is 35.4 Å². The molecule has 0 aromatic heterocycles. The van der Waals surface area contributed by atoms with Gasteiger partial charge in [0.15, 0.2) is 0 Å². The van der Waals surface area contributed by atoms with E-state index in [4.69, 9.17) is 0 Å². The molecule has 1 heterocycles. The summed E-state index contributed by atoms with van der Waals surface area (Å²) in [6.07, 6.45) is 5.19. The van der Waals surface area contributed by atoms with Crippen molar-refractivity contribution in [3.63, 3.8) is 0 Å². The molecule has 22 heavy (non-hydrogen) atoms. The minimum Gasteiger partial charge on any atom is -0.303 e. The summed E-state index contributed by atoms with van der Waals surface area (Å²) in [4.78, 5) is 2.70. The van der Waals surface area contributed by atoms with Gasteiger partial charge in [-0.1, -0.05) is 54.6 Å². The van der Waals surface area contributed by atoms with Gasteiger partial charge in [0, 0.05) is 13.1 Å². The summed E-state index contributed by atoms with van der Waals surface area (Å²) < 4.78 is 0. The van der Waals surface area contributed by atoms with Crippen LogP contribution in [0.3, 0.4) is 0 Å². The van der Waals surface area contributed by atoms with E-state index in [1.807, 2.05) is 0 Å². The average molecular weight is 291 g/mol. The van der Waals surface area contributed by atoms with Crippen LogP contribution in [0.2, 0.25) is 0 Å². The predicted molar refractivity (Wildman–Crippen MR) is 92.2 cm³/mol. The van der Waals surface area contributed by atoms with Crippen LogP contribution in [0, 0.1) is 5.92 Å². The molecule has 114 valence electrons. The fourth-order valence-electron chi connectivity index (χ4n) is 4.41. The standard InChI is InChI=1S/C21H25N/c1-2-6-17(7-3-1)12-14-22-15-13-21-19(16-22)11-10-18-8-4-5-9-20(18)21/h1-9,19,21H,10-16H2/t19-,21+/m0/s1. The summed E-state index contributed by atoms with van der Waals surface area (Å²) in [5.41, 5.74) is 4.74. The first-order chi connectivity index (χ1) is 10.9. The number of rotatable bonds is 3. The van der Waals surface area contributed by atoms with Crippen molar-refractivity contribution in [1.82, 2.24) is 4.90 Å². The van der Waals surface area contributed by atoms with E-state index in [0.717, 1.165) is 11.8 Å². The van der Waals surface area contributed by atoms with Crippen LogP contribution in [0.25, 0.3) is 0 Å². The zero-order valence-corrected chi connectivity index (χ0v) is 13.2. The largest absolute Gasteiger partial charge is 0.303 e. The van der Waals surface area contributed by atoms with E-state index < -0.39 is 0 Å². The monoisotopic (exact) mass is 291 g/mol. The van der Waals surface area contributed by atoms with Crippen LogP contribution < -0.4 is 0 Å². The van der Waals surface area contributed by atoms with E-state index in [1.54, 1.807) is 11.1 Å². The van der Waals surface area contributed by atoms with Gasteiger partial charge in [-0.2, -0.15) is 0 Å². The molecule has 0 amide bonds. The first-order valence-electron chi connectivity index (χ1n) is 8.74. The molecule has 0 radical (unpaired) electrons. The van der Waals surface area contributed by atoms with E-state index >= 15 is 0 Å². The lowest BCUT2D eigenvalue weighted by Gasteiger charge is -2.42. The lowest BCUT2D eigenvalue weighted by atomic mass is 9.71. The summed E-state index contributed by atoms with van der Waals surface area (Å²) in [7, 11) is 0. The third-order valence-corrected chi connectivity index (χ3v) is 5.62. The molecule has 1 nitrogen and oxygen atoms in total. The third kappa shape index (κ3) is 2.83. The average Bonchev–Trinajstić information content (AvgIpc) is 2.60. The van der Waals surface area contributed by atoms with Crippen molar-refractivity contribution in [3.8, 4) is 0 Å². The number of nitrogens with zero attached hydrogens (tertiary/aromatic N) is 1. The zero-order chi connectivity index (χ0) is 14.8. The summed E-state index contributed by atoms with van der Waals surface area (Å²) >= 11 is 0. The molecule has 1 aliphatic carbocycles. The van der Waals surface area contributed by atoms with E-state index in [9.17, 15) is 0 Å². The second-order valence-corrected chi connectivity index (χ2v) is 6.93. The summed E-state index contributed by atoms with van der Waals surface area (Å²) in [6, 6.07) is 20.1. The minimum atomic E-state index is 0.818. The molecule has 0 unspecified atom stereocenters. The van der Waals surface area contributed by atoms with Crippen LogP contribution in [-0.4, -0.2) is 24.5 Å². The Morgan fingerprint density at radius 3 is 2.64 bits per heavy atom. The highest BCUT2D eigenvalue weighted by Crippen LogP contribution is 2.41. The summed E-state index contributed by atoms with van der Waals surface area (Å²) in [5.74, 6) is 1.69. The molecule has 2 atom stereocenters. The minimum absolute atomic E-state index is 0.818. The van der Waals surface area contributed by atoms with Crippen molar-refractivity contribution in [3.05, 3.63) is 71.3 Å². The summed E-state index contributed by atoms with van der Waals surface area (Å²) in [5, 5.41) is 0. The van der Waals surface area contributed by atoms with Gasteiger partial charge in [-0.15, -0.1) is 0 Å². The van der Waals surface area contributed by atoms with Gasteiger partial charge in [0.25, 0.3) is 0 Å². The van der Waals surface area contributed by atoms with Gasteiger partial charge in [-0.05, 0) is 60.8 Å². The molecule has 1 fully saturated rings. The Balaban J connectivity index is 1.39. The Kier molecular flexibility index (Phi) is 3.99. The molecular formula is C21H25N. The van der Waals surface area contributed by atoms with Gasteiger partial charge in [0.05, 0.1) is 0 Å². The van der Waals surface area contributed by atoms with E-state index in [0.29, 0.717) is 0 Å². The van der Waals surface area contributed by atoms with Gasteiger partial charge >= 0.3 is 0 Å². The van der Waals surface area contributed by atoms with Gasteiger partial charge in [-0.3, -0.25) is 0 Å². The molecule has 2 aromatic rings. The van der Waals surface area contributed by atoms with Crippen molar-refractivity contribution in [1.29, 1.82) is 0 Å². The second kappa shape index (κ2) is 6.26. The molecule has 4 rings (SSSR count). The lowest BCUT2D eigenvalue weighted by molar-refractivity contribution is 0.142. The Morgan fingerprint density at radius 1 is 0.909 bits per heavy atom. The van der Waals surface area contributed by atoms with Crippen molar-refractivity contribution in [2.24, 2.45) is 5.92 Å². The molecular weight excluding hydrogens is 266 g/mol. The van der Waals surface area contributed by atoms with Crippen molar-refractivity contribution in [2.45, 2.75) is 31.6 Å². The Hall–Kier alpha value is -1.60. The molecule has 1 aliphatic heterocycles. The van der Waals surface area contributed by atoms with Crippen LogP contribution >= 0.6 is 0 Å². The molecule has 0 bridgehead atoms. The predicted octanol–water partition coefficient (Wildman–Crippen LogP) is 4.28. The Labute approximate surface area is 134 Å². The van der Waals surface area contributed by atoms with Crippen LogP contribution in [0.4, 0.5) is 0 Å². The maximum Gasteiger partial charge on any atom is 0.00219 e. The Bertz CT molecular complexity index is 619. The number of aryl methyl sites for hydroxylation is 1. The first kappa shape index (κ1) is 14.0. The van der Waals surface area contributed by atoms with Gasteiger partial charge in [0.2, 0.25) is 0 Å². The molecule has 2 aliphatic rings. The number of likely N-dealkylation sites (tertiary alicyclic amines) is 1. The molecule has 1 saturated heterocycles. The maximum absolute atomic E-state index is 2.70. The number of piperidine rings is 1. The van der Waals surface area contributed by atoms with Crippen molar-refractivity contribution < 1.29 is 0 Å². The van der Waals surface area contributed by atoms with Crippen molar-refractivity contribution >= 4 is 0 Å². The fourth-order valence-corrected chi connectivity index (χ4v) is 4.41. The number of fused-ring (bicyclic) bond motifs is 3. The van der Waals surface area contributed by atoms with Crippen LogP contribution in [-0.2, 0) is 12.8 Å². The van der Waals surface area contributed by atoms with Crippen LogP contribution in [0.5, 0.6) is 0 Å². The molecule has 2 aromatic carbocycles. The normalized spacial score (nSPS) is 24.5. The second-order valence-electron chi connectivity index (χ2n) is 6.93. The highest BCUT2D eigenvalue weighted by molar-refractivity contribution is 5.34. The highest BCUT2D eigenvalue weighted by Gasteiger charge is 2.33. The van der Waals surface area contributed by atoms with Crippen LogP contribution in [0.15, 0.2) is 54.6 Å². The third-order valence-electron chi connectivity index (χ3n) is 5.62. The summed E-state index contributed by atoms with van der Waals surface area (Å²) in [6.45, 7) is 3.78. The quantitative estimate of drug-likeness (QED) is 0.816. The number of hydrogen-bond donors (Lipinski definition) is 0. The number of benzene rings is 2. The first-order valence-corrected chi connectivity index (χ1v) is 8.74. The highest BCUT2D eigenvalue weighted by atomic mass is 15.1. The Morgan fingerprint density at radius 2 is 1.73 bits per heavy atom. The smallest absolute Gasteiger partial charge is 0.00219 e. The van der Waals surface area contributed by atoms with E-state index in [1.165, 1.54) is 50.9 Å². The number of hydrogen-bond acceptors (Lipinski definition) is 1. The van der Waals surface area contributed by atoms with E-state index in [-0.39, 0.29) is 0 Å². The van der Waals surface area contributed by atoms with Gasteiger partial charge in [0.1, 0.15) is 0 Å². The molecule has 0 N–H and O–H groups in total. The van der Waals surface area contributed by atoms with Crippen molar-refractivity contribution in [2.75, 3.05) is 19.6 Å². The topological polar surface area (TPSA) is 3.24 Å². The zero-order valence-electron chi connectivity index (χ0n) is 13.2. The fraction of sp³-hybridized carbons (Fsp3) is 0.429. The van der Waals surface area contributed by atoms with Gasteiger partial charge in [-0.25, -0.2) is 0 Å². The lowest BCUT2D eigenvalue weighted by Crippen LogP contribution is -2.42. The molecule has 1 heteroatoms. The molecule has 0 saturated carbocycles. The van der Waals surface area contributed by atoms with Gasteiger partial charge < -0.3 is 4.90 Å².